The molecule has 1 aliphatic carbocycles. The van der Waals surface area contributed by atoms with Crippen LogP contribution in [-0.4, -0.2) is 47.3 Å². The van der Waals surface area contributed by atoms with Crippen molar-refractivity contribution in [3.8, 4) is 6.07 Å². The predicted octanol–water partition coefficient (Wildman–Crippen LogP) is 1.40. The number of hydrogen-bond acceptors (Lipinski definition) is 3. The summed E-state index contributed by atoms with van der Waals surface area (Å²) in [6, 6.07) is 2.26. The van der Waals surface area contributed by atoms with Gasteiger partial charge in [0, 0.05) is 25.7 Å². The van der Waals surface area contributed by atoms with Crippen LogP contribution in [0.1, 0.15) is 39.5 Å². The van der Waals surface area contributed by atoms with Gasteiger partial charge >= 0.3 is 11.8 Å². The molecule has 2 aliphatic rings. The van der Waals surface area contributed by atoms with Crippen LogP contribution >= 0.6 is 0 Å². The molecule has 0 aromatic heterocycles. The van der Waals surface area contributed by atoms with E-state index in [-0.39, 0.29) is 12.0 Å². The number of carbonyl (C=O) groups excluding carboxylic acids is 2. The first-order valence-electron chi connectivity index (χ1n) is 7.61. The van der Waals surface area contributed by atoms with E-state index in [1.54, 1.807) is 9.80 Å². The van der Waals surface area contributed by atoms with E-state index in [1.165, 1.54) is 0 Å². The average Bonchev–Trinajstić information content (AvgIpc) is 2.49. The van der Waals surface area contributed by atoms with Gasteiger partial charge in [-0.2, -0.15) is 5.26 Å². The molecule has 5 heteroatoms. The topological polar surface area (TPSA) is 64.4 Å². The summed E-state index contributed by atoms with van der Waals surface area (Å²) in [6.07, 6.45) is 3.84. The molecule has 5 nitrogen and oxygen atoms in total. The van der Waals surface area contributed by atoms with Crippen LogP contribution in [0.2, 0.25) is 0 Å². The minimum Gasteiger partial charge on any atom is -0.333 e. The van der Waals surface area contributed by atoms with Crippen LogP contribution in [0.5, 0.6) is 0 Å². The standard InChI is InChI=1S/C15H23N3O2/c1-3-11-5-6-12(10-16)13(9-11)18-8-7-17(4-2)14(19)15(18)20/h11-13H,3-9H2,1-2H3. The van der Waals surface area contributed by atoms with Gasteiger partial charge < -0.3 is 9.80 Å². The van der Waals surface area contributed by atoms with E-state index < -0.39 is 11.8 Å². The van der Waals surface area contributed by atoms with Crippen molar-refractivity contribution >= 4 is 11.8 Å². The molecule has 1 saturated carbocycles. The maximum atomic E-state index is 12.3. The summed E-state index contributed by atoms with van der Waals surface area (Å²) in [4.78, 5) is 27.5. The summed E-state index contributed by atoms with van der Waals surface area (Å²) in [5, 5.41) is 9.32. The lowest BCUT2D eigenvalue weighted by Gasteiger charge is -2.43. The maximum Gasteiger partial charge on any atom is 0.312 e. The van der Waals surface area contributed by atoms with E-state index in [1.807, 2.05) is 6.92 Å². The Labute approximate surface area is 120 Å². The molecule has 0 aromatic rings. The van der Waals surface area contributed by atoms with E-state index in [0.29, 0.717) is 25.6 Å². The molecular weight excluding hydrogens is 254 g/mol. The highest BCUT2D eigenvalue weighted by molar-refractivity contribution is 6.35. The third-order valence-electron chi connectivity index (χ3n) is 4.79. The van der Waals surface area contributed by atoms with E-state index in [2.05, 4.69) is 13.0 Å². The largest absolute Gasteiger partial charge is 0.333 e. The molecule has 0 bridgehead atoms. The first-order chi connectivity index (χ1) is 9.62. The van der Waals surface area contributed by atoms with Gasteiger partial charge in [-0.1, -0.05) is 13.3 Å². The number of carbonyl (C=O) groups is 2. The van der Waals surface area contributed by atoms with Crippen LogP contribution in [0.3, 0.4) is 0 Å². The zero-order chi connectivity index (χ0) is 14.7. The Morgan fingerprint density at radius 2 is 1.95 bits per heavy atom. The number of rotatable bonds is 3. The Morgan fingerprint density at radius 1 is 1.20 bits per heavy atom. The first-order valence-corrected chi connectivity index (χ1v) is 7.61. The molecule has 0 radical (unpaired) electrons. The molecule has 2 rings (SSSR count). The highest BCUT2D eigenvalue weighted by atomic mass is 16.2. The Hall–Kier alpha value is -1.57. The SMILES string of the molecule is CCC1CCC(C#N)C(N2CCN(CC)C(=O)C2=O)C1. The van der Waals surface area contributed by atoms with Gasteiger partial charge in [0.1, 0.15) is 0 Å². The van der Waals surface area contributed by atoms with Crippen molar-refractivity contribution in [2.45, 2.75) is 45.6 Å². The van der Waals surface area contributed by atoms with Crippen molar-refractivity contribution in [1.29, 1.82) is 5.26 Å². The quantitative estimate of drug-likeness (QED) is 0.732. The zero-order valence-electron chi connectivity index (χ0n) is 12.3. The number of piperazine rings is 1. The Kier molecular flexibility index (Phi) is 4.64. The van der Waals surface area contributed by atoms with Gasteiger partial charge in [-0.25, -0.2) is 0 Å². The normalized spacial score (nSPS) is 31.4. The highest BCUT2D eigenvalue weighted by Gasteiger charge is 2.41. The lowest BCUT2D eigenvalue weighted by molar-refractivity contribution is -0.158. The second-order valence-corrected chi connectivity index (χ2v) is 5.77. The zero-order valence-corrected chi connectivity index (χ0v) is 12.3. The third kappa shape index (κ3) is 2.65. The Morgan fingerprint density at radius 3 is 2.55 bits per heavy atom. The molecule has 2 amide bonds. The molecule has 2 fully saturated rings. The van der Waals surface area contributed by atoms with Gasteiger partial charge in [0.15, 0.2) is 0 Å². The lowest BCUT2D eigenvalue weighted by atomic mass is 9.77. The molecule has 1 aliphatic heterocycles. The molecule has 0 spiro atoms. The fraction of sp³-hybridized carbons (Fsp3) is 0.800. The molecule has 1 saturated heterocycles. The van der Waals surface area contributed by atoms with Gasteiger partial charge in [0.25, 0.3) is 0 Å². The fourth-order valence-electron chi connectivity index (χ4n) is 3.40. The van der Waals surface area contributed by atoms with Crippen LogP contribution < -0.4 is 0 Å². The monoisotopic (exact) mass is 277 g/mol. The number of nitriles is 1. The van der Waals surface area contributed by atoms with Crippen LogP contribution in [0.25, 0.3) is 0 Å². The van der Waals surface area contributed by atoms with Gasteiger partial charge in [-0.05, 0) is 32.1 Å². The fourth-order valence-corrected chi connectivity index (χ4v) is 3.40. The summed E-state index contributed by atoms with van der Waals surface area (Å²) in [7, 11) is 0. The molecule has 3 unspecified atom stereocenters. The summed E-state index contributed by atoms with van der Waals surface area (Å²) in [5.74, 6) is -0.381. The Bertz CT molecular complexity index is 429. The van der Waals surface area contributed by atoms with E-state index >= 15 is 0 Å². The third-order valence-corrected chi connectivity index (χ3v) is 4.79. The van der Waals surface area contributed by atoms with Crippen molar-refractivity contribution in [1.82, 2.24) is 9.80 Å². The Balaban J connectivity index is 2.14. The molecule has 110 valence electrons. The smallest absolute Gasteiger partial charge is 0.312 e. The molecule has 1 heterocycles. The van der Waals surface area contributed by atoms with E-state index in [4.69, 9.17) is 0 Å². The number of nitrogens with zero attached hydrogens (tertiary/aromatic N) is 3. The summed E-state index contributed by atoms with van der Waals surface area (Å²) < 4.78 is 0. The van der Waals surface area contributed by atoms with Crippen molar-refractivity contribution in [2.24, 2.45) is 11.8 Å². The average molecular weight is 277 g/mol. The second kappa shape index (κ2) is 6.25. The molecule has 20 heavy (non-hydrogen) atoms. The highest BCUT2D eigenvalue weighted by Crippen LogP contribution is 2.34. The second-order valence-electron chi connectivity index (χ2n) is 5.77. The van der Waals surface area contributed by atoms with Crippen LogP contribution in [-0.2, 0) is 9.59 Å². The molecule has 0 N–H and O–H groups in total. The van der Waals surface area contributed by atoms with Crippen LogP contribution in [0, 0.1) is 23.2 Å². The van der Waals surface area contributed by atoms with Gasteiger partial charge in [-0.3, -0.25) is 9.59 Å². The van der Waals surface area contributed by atoms with E-state index in [0.717, 1.165) is 25.7 Å². The molecule has 3 atom stereocenters. The maximum absolute atomic E-state index is 12.3. The van der Waals surface area contributed by atoms with Crippen molar-refractivity contribution in [2.75, 3.05) is 19.6 Å². The molecule has 0 aromatic carbocycles. The molecular formula is C15H23N3O2. The summed E-state index contributed by atoms with van der Waals surface area (Å²) in [5.41, 5.74) is 0. The van der Waals surface area contributed by atoms with Gasteiger partial charge in [0.05, 0.1) is 12.0 Å². The summed E-state index contributed by atoms with van der Waals surface area (Å²) >= 11 is 0. The lowest BCUT2D eigenvalue weighted by Crippen LogP contribution is -2.59. The minimum atomic E-state index is -0.417. The van der Waals surface area contributed by atoms with E-state index in [9.17, 15) is 14.9 Å². The number of hydrogen-bond donors (Lipinski definition) is 0. The number of amides is 2. The van der Waals surface area contributed by atoms with Crippen molar-refractivity contribution in [3.63, 3.8) is 0 Å². The summed E-state index contributed by atoms with van der Waals surface area (Å²) in [6.45, 7) is 5.76. The van der Waals surface area contributed by atoms with Crippen LogP contribution in [0.15, 0.2) is 0 Å². The van der Waals surface area contributed by atoms with Crippen molar-refractivity contribution < 1.29 is 9.59 Å². The minimum absolute atomic E-state index is 0.0749. The van der Waals surface area contributed by atoms with Crippen molar-refractivity contribution in [3.05, 3.63) is 0 Å². The predicted molar refractivity (Wildman–Crippen MR) is 74.5 cm³/mol. The number of likely N-dealkylation sites (N-methyl/N-ethyl adjacent to an activating group) is 1. The van der Waals surface area contributed by atoms with Gasteiger partial charge in [0.2, 0.25) is 0 Å². The van der Waals surface area contributed by atoms with Gasteiger partial charge in [-0.15, -0.1) is 0 Å². The first kappa shape index (κ1) is 14.8. The van der Waals surface area contributed by atoms with Crippen LogP contribution in [0.4, 0.5) is 0 Å².